The minimum absolute atomic E-state index is 0.0869. The van der Waals surface area contributed by atoms with Crippen molar-refractivity contribution in [2.45, 2.75) is 38.6 Å². The molecule has 0 spiro atoms. The van der Waals surface area contributed by atoms with Crippen molar-refractivity contribution >= 4 is 0 Å². The Morgan fingerprint density at radius 1 is 1.42 bits per heavy atom. The molecule has 0 radical (unpaired) electrons. The number of benzene rings is 1. The third-order valence-electron chi connectivity index (χ3n) is 3.11. The van der Waals surface area contributed by atoms with E-state index in [0.29, 0.717) is 18.8 Å². The molecule has 0 aliphatic carbocycles. The van der Waals surface area contributed by atoms with Gasteiger partial charge in [0, 0.05) is 17.1 Å². The lowest BCUT2D eigenvalue weighted by Gasteiger charge is -2.17. The van der Waals surface area contributed by atoms with Crippen molar-refractivity contribution in [3.8, 4) is 5.75 Å². The maximum absolute atomic E-state index is 8.93. The third kappa shape index (κ3) is 4.16. The van der Waals surface area contributed by atoms with Crippen LogP contribution in [0.3, 0.4) is 0 Å². The second-order valence-electron chi connectivity index (χ2n) is 4.74. The predicted octanol–water partition coefficient (Wildman–Crippen LogP) is 3.94. The summed E-state index contributed by atoms with van der Waals surface area (Å²) in [5.74, 6) is 1.12. The zero-order chi connectivity index (χ0) is 14.3. The van der Waals surface area contributed by atoms with Crippen molar-refractivity contribution in [3.05, 3.63) is 39.8 Å². The van der Waals surface area contributed by atoms with E-state index < -0.39 is 0 Å². The van der Waals surface area contributed by atoms with Crippen molar-refractivity contribution in [1.82, 2.24) is 0 Å². The molecular weight excluding hydrogens is 242 g/mol. The monoisotopic (exact) mass is 263 g/mol. The summed E-state index contributed by atoms with van der Waals surface area (Å²) in [5.41, 5.74) is 10.8. The molecule has 19 heavy (non-hydrogen) atoms. The van der Waals surface area contributed by atoms with Gasteiger partial charge in [-0.05, 0) is 35.9 Å². The number of azide groups is 1. The summed E-state index contributed by atoms with van der Waals surface area (Å²) in [6.07, 6.45) is 1.21. The Bertz CT molecular complexity index is 454. The van der Waals surface area contributed by atoms with Crippen LogP contribution in [-0.2, 0) is 0 Å². The van der Waals surface area contributed by atoms with Crippen LogP contribution in [0.5, 0.6) is 5.75 Å². The molecule has 0 saturated carbocycles. The summed E-state index contributed by atoms with van der Waals surface area (Å²) >= 11 is 0. The lowest BCUT2D eigenvalue weighted by molar-refractivity contribution is 0.279. The zero-order valence-electron chi connectivity index (χ0n) is 11.7. The molecule has 0 fully saturated rings. The van der Waals surface area contributed by atoms with Gasteiger partial charge < -0.3 is 9.84 Å². The molecule has 5 nitrogen and oxygen atoms in total. The SMILES string of the molecule is COc1ccc(C(C)C)cc1C(CCCO)N=[N+]=[N-]. The molecule has 1 aromatic rings. The molecule has 0 saturated heterocycles. The summed E-state index contributed by atoms with van der Waals surface area (Å²) in [6.45, 7) is 4.31. The van der Waals surface area contributed by atoms with Gasteiger partial charge in [-0.1, -0.05) is 31.1 Å². The number of methoxy groups -OCH3 is 1. The standard InChI is InChI=1S/C14H21N3O2/c1-10(2)11-6-7-14(19-3)12(9-11)13(16-17-15)5-4-8-18/h6-7,9-10,13,18H,4-5,8H2,1-3H3. The number of hydrogen-bond donors (Lipinski definition) is 1. The topological polar surface area (TPSA) is 78.2 Å². The van der Waals surface area contributed by atoms with Crippen LogP contribution in [0.2, 0.25) is 0 Å². The van der Waals surface area contributed by atoms with Crippen LogP contribution >= 0.6 is 0 Å². The van der Waals surface area contributed by atoms with Crippen LogP contribution in [0, 0.1) is 0 Å². The van der Waals surface area contributed by atoms with E-state index in [2.05, 4.69) is 23.9 Å². The van der Waals surface area contributed by atoms with E-state index >= 15 is 0 Å². The number of rotatable bonds is 7. The van der Waals surface area contributed by atoms with E-state index in [1.165, 1.54) is 5.56 Å². The molecule has 1 unspecified atom stereocenters. The van der Waals surface area contributed by atoms with Crippen molar-refractivity contribution in [1.29, 1.82) is 0 Å². The van der Waals surface area contributed by atoms with E-state index in [9.17, 15) is 0 Å². The van der Waals surface area contributed by atoms with Gasteiger partial charge in [-0.25, -0.2) is 0 Å². The molecule has 0 bridgehead atoms. The lowest BCUT2D eigenvalue weighted by Crippen LogP contribution is -2.02. The van der Waals surface area contributed by atoms with Crippen LogP contribution < -0.4 is 4.74 Å². The zero-order valence-corrected chi connectivity index (χ0v) is 11.7. The molecular formula is C14H21N3O2. The molecule has 0 aliphatic rings. The van der Waals surface area contributed by atoms with Gasteiger partial charge in [0.05, 0.1) is 13.2 Å². The minimum atomic E-state index is -0.300. The van der Waals surface area contributed by atoms with E-state index in [1.807, 2.05) is 18.2 Å². The molecule has 5 heteroatoms. The van der Waals surface area contributed by atoms with Gasteiger partial charge in [0.25, 0.3) is 0 Å². The van der Waals surface area contributed by atoms with Crippen LogP contribution in [0.4, 0.5) is 0 Å². The Morgan fingerprint density at radius 3 is 2.68 bits per heavy atom. The van der Waals surface area contributed by atoms with Gasteiger partial charge in [-0.2, -0.15) is 0 Å². The first-order chi connectivity index (χ1) is 9.13. The van der Waals surface area contributed by atoms with Gasteiger partial charge in [-0.3, -0.25) is 0 Å². The Labute approximate surface area is 113 Å². The number of aliphatic hydroxyl groups is 1. The van der Waals surface area contributed by atoms with E-state index in [1.54, 1.807) is 7.11 Å². The largest absolute Gasteiger partial charge is 0.496 e. The van der Waals surface area contributed by atoms with Crippen molar-refractivity contribution in [2.75, 3.05) is 13.7 Å². The van der Waals surface area contributed by atoms with E-state index in [4.69, 9.17) is 15.4 Å². The number of ether oxygens (including phenoxy) is 1. The highest BCUT2D eigenvalue weighted by Crippen LogP contribution is 2.33. The quantitative estimate of drug-likeness (QED) is 0.459. The molecule has 0 aromatic heterocycles. The highest BCUT2D eigenvalue weighted by atomic mass is 16.5. The summed E-state index contributed by atoms with van der Waals surface area (Å²) in [5, 5.41) is 12.8. The molecule has 1 rings (SSSR count). The molecule has 0 amide bonds. The van der Waals surface area contributed by atoms with E-state index in [0.717, 1.165) is 11.3 Å². The molecule has 0 aliphatic heterocycles. The van der Waals surface area contributed by atoms with Gasteiger partial charge in [0.1, 0.15) is 5.75 Å². The fraction of sp³-hybridized carbons (Fsp3) is 0.571. The Balaban J connectivity index is 3.17. The fourth-order valence-electron chi connectivity index (χ4n) is 1.99. The van der Waals surface area contributed by atoms with Crippen LogP contribution in [0.1, 0.15) is 49.8 Å². The number of nitrogens with zero attached hydrogens (tertiary/aromatic N) is 3. The third-order valence-corrected chi connectivity index (χ3v) is 3.11. The number of aliphatic hydroxyl groups excluding tert-OH is 1. The molecule has 0 heterocycles. The molecule has 104 valence electrons. The summed E-state index contributed by atoms with van der Waals surface area (Å²) in [4.78, 5) is 2.90. The average molecular weight is 263 g/mol. The summed E-state index contributed by atoms with van der Waals surface area (Å²) in [7, 11) is 1.60. The Hall–Kier alpha value is -1.71. The van der Waals surface area contributed by atoms with Gasteiger partial charge in [0.15, 0.2) is 0 Å². The highest BCUT2D eigenvalue weighted by molar-refractivity contribution is 5.40. The van der Waals surface area contributed by atoms with Gasteiger partial charge in [-0.15, -0.1) is 0 Å². The Kier molecular flexibility index (Phi) is 6.19. The van der Waals surface area contributed by atoms with Crippen LogP contribution in [0.25, 0.3) is 10.4 Å². The summed E-state index contributed by atoms with van der Waals surface area (Å²) < 4.78 is 5.34. The minimum Gasteiger partial charge on any atom is -0.496 e. The molecule has 1 aromatic carbocycles. The van der Waals surface area contributed by atoms with Crippen molar-refractivity contribution in [2.24, 2.45) is 5.11 Å². The van der Waals surface area contributed by atoms with Gasteiger partial charge in [0.2, 0.25) is 0 Å². The fourth-order valence-corrected chi connectivity index (χ4v) is 1.99. The molecule has 1 N–H and O–H groups in total. The lowest BCUT2D eigenvalue weighted by atomic mass is 9.95. The van der Waals surface area contributed by atoms with Crippen molar-refractivity contribution in [3.63, 3.8) is 0 Å². The molecule has 1 atom stereocenters. The Morgan fingerprint density at radius 2 is 2.16 bits per heavy atom. The number of hydrogen-bond acceptors (Lipinski definition) is 3. The van der Waals surface area contributed by atoms with Crippen LogP contribution in [-0.4, -0.2) is 18.8 Å². The second-order valence-corrected chi connectivity index (χ2v) is 4.74. The first kappa shape index (κ1) is 15.3. The average Bonchev–Trinajstić information content (AvgIpc) is 2.42. The highest BCUT2D eigenvalue weighted by Gasteiger charge is 2.16. The summed E-state index contributed by atoms with van der Waals surface area (Å²) in [6, 6.07) is 5.65. The normalized spacial score (nSPS) is 12.1. The van der Waals surface area contributed by atoms with Gasteiger partial charge >= 0.3 is 0 Å². The predicted molar refractivity (Wildman–Crippen MR) is 75.3 cm³/mol. The first-order valence-corrected chi connectivity index (χ1v) is 6.47. The first-order valence-electron chi connectivity index (χ1n) is 6.47. The maximum atomic E-state index is 8.93. The smallest absolute Gasteiger partial charge is 0.122 e. The second kappa shape index (κ2) is 7.67. The van der Waals surface area contributed by atoms with E-state index in [-0.39, 0.29) is 12.6 Å². The maximum Gasteiger partial charge on any atom is 0.122 e. The van der Waals surface area contributed by atoms with Crippen molar-refractivity contribution < 1.29 is 9.84 Å². The van der Waals surface area contributed by atoms with Crippen LogP contribution in [0.15, 0.2) is 23.3 Å².